The Labute approximate surface area is 213 Å². The first-order chi connectivity index (χ1) is 17.2. The second-order valence-electron chi connectivity index (χ2n) is 9.36. The van der Waals surface area contributed by atoms with E-state index in [1.807, 2.05) is 48.5 Å². The smallest absolute Gasteiger partial charge is 0.333 e. The molecule has 0 bridgehead atoms. The Bertz CT molecular complexity index is 1180. The average molecular weight is 490 g/mol. The summed E-state index contributed by atoms with van der Waals surface area (Å²) in [5, 5.41) is 12.4. The van der Waals surface area contributed by atoms with Gasteiger partial charge in [0.1, 0.15) is 5.75 Å². The maximum Gasteiger partial charge on any atom is 0.333 e. The molecule has 0 saturated carbocycles. The summed E-state index contributed by atoms with van der Waals surface area (Å²) >= 11 is 0. The van der Waals surface area contributed by atoms with Crippen LogP contribution in [-0.4, -0.2) is 36.3 Å². The molecule has 0 aromatic heterocycles. The van der Waals surface area contributed by atoms with Crippen LogP contribution in [0.3, 0.4) is 0 Å². The highest BCUT2D eigenvalue weighted by atomic mass is 16.5. The number of methoxy groups -OCH3 is 1. The fourth-order valence-corrected chi connectivity index (χ4v) is 4.18. The van der Waals surface area contributed by atoms with Crippen LogP contribution in [-0.2, 0) is 22.5 Å². The number of hydrogen-bond acceptors (Lipinski definition) is 4. The van der Waals surface area contributed by atoms with Crippen molar-refractivity contribution in [3.05, 3.63) is 89.0 Å². The molecular formula is C30H35NO5. The minimum Gasteiger partial charge on any atom is -0.496 e. The largest absolute Gasteiger partial charge is 0.496 e. The van der Waals surface area contributed by atoms with Gasteiger partial charge in [0.25, 0.3) is 5.91 Å². The molecule has 6 nitrogen and oxygen atoms in total. The summed E-state index contributed by atoms with van der Waals surface area (Å²) in [5.41, 5.74) is 5.63. The number of rotatable bonds is 11. The van der Waals surface area contributed by atoms with Gasteiger partial charge < -0.3 is 19.9 Å². The van der Waals surface area contributed by atoms with Crippen LogP contribution >= 0.6 is 0 Å². The molecule has 0 aliphatic rings. The SMILES string of the molecule is COc1ccc(CC(OC(C)C)C(=O)O)cc1CNC(=O)c1ccc(-c2ccccc2C(C)C)cc1. The van der Waals surface area contributed by atoms with Crippen LogP contribution in [0.15, 0.2) is 66.7 Å². The topological polar surface area (TPSA) is 84.9 Å². The molecule has 190 valence electrons. The number of nitrogens with one attached hydrogen (secondary N) is 1. The zero-order chi connectivity index (χ0) is 26.2. The summed E-state index contributed by atoms with van der Waals surface area (Å²) in [4.78, 5) is 24.4. The van der Waals surface area contributed by atoms with E-state index in [1.165, 1.54) is 11.1 Å². The molecule has 3 rings (SSSR count). The van der Waals surface area contributed by atoms with Crippen molar-refractivity contribution in [2.75, 3.05) is 7.11 Å². The highest BCUT2D eigenvalue weighted by Crippen LogP contribution is 2.29. The third-order valence-electron chi connectivity index (χ3n) is 5.96. The molecule has 2 N–H and O–H groups in total. The first kappa shape index (κ1) is 27.0. The molecule has 3 aromatic rings. The van der Waals surface area contributed by atoms with Crippen LogP contribution in [0.1, 0.15) is 60.7 Å². The summed E-state index contributed by atoms with van der Waals surface area (Å²) in [5.74, 6) is -0.180. The van der Waals surface area contributed by atoms with E-state index < -0.39 is 12.1 Å². The van der Waals surface area contributed by atoms with Crippen molar-refractivity contribution in [2.45, 2.75) is 58.8 Å². The lowest BCUT2D eigenvalue weighted by Gasteiger charge is -2.18. The van der Waals surface area contributed by atoms with Crippen molar-refractivity contribution in [1.29, 1.82) is 0 Å². The molecule has 0 radical (unpaired) electrons. The molecule has 36 heavy (non-hydrogen) atoms. The molecule has 0 heterocycles. The Kier molecular flexibility index (Phi) is 9.25. The summed E-state index contributed by atoms with van der Waals surface area (Å²) in [6, 6.07) is 21.4. The number of ether oxygens (including phenoxy) is 2. The normalized spacial score (nSPS) is 12.0. The van der Waals surface area contributed by atoms with Crippen LogP contribution in [0.25, 0.3) is 11.1 Å². The van der Waals surface area contributed by atoms with Gasteiger partial charge in [0, 0.05) is 24.1 Å². The Morgan fingerprint density at radius 1 is 0.944 bits per heavy atom. The van der Waals surface area contributed by atoms with Gasteiger partial charge in [0.15, 0.2) is 6.10 Å². The quantitative estimate of drug-likeness (QED) is 0.354. The second kappa shape index (κ2) is 12.4. The Balaban J connectivity index is 1.72. The number of benzene rings is 3. The maximum atomic E-state index is 12.9. The van der Waals surface area contributed by atoms with Gasteiger partial charge >= 0.3 is 5.97 Å². The molecule has 0 saturated heterocycles. The fraction of sp³-hybridized carbons (Fsp3) is 0.333. The van der Waals surface area contributed by atoms with Crippen molar-refractivity contribution in [3.8, 4) is 16.9 Å². The van der Waals surface area contributed by atoms with Gasteiger partial charge in [-0.15, -0.1) is 0 Å². The van der Waals surface area contributed by atoms with E-state index in [1.54, 1.807) is 27.0 Å². The monoisotopic (exact) mass is 489 g/mol. The number of carbonyl (C=O) groups is 2. The van der Waals surface area contributed by atoms with E-state index in [0.717, 1.165) is 16.7 Å². The molecule has 0 aliphatic heterocycles. The minimum absolute atomic E-state index is 0.197. The molecule has 1 atom stereocenters. The Morgan fingerprint density at radius 3 is 2.25 bits per heavy atom. The van der Waals surface area contributed by atoms with Crippen LogP contribution in [0.4, 0.5) is 0 Å². The number of carboxylic acids is 1. The summed E-state index contributed by atoms with van der Waals surface area (Å²) in [6.45, 7) is 8.20. The van der Waals surface area contributed by atoms with Crippen LogP contribution in [0.5, 0.6) is 5.75 Å². The number of aliphatic carboxylic acids is 1. The average Bonchev–Trinajstić information content (AvgIpc) is 2.86. The molecule has 6 heteroatoms. The predicted octanol–water partition coefficient (Wildman–Crippen LogP) is 5.84. The summed E-state index contributed by atoms with van der Waals surface area (Å²) in [6.07, 6.45) is -0.925. The van der Waals surface area contributed by atoms with E-state index in [2.05, 4.69) is 31.3 Å². The van der Waals surface area contributed by atoms with E-state index in [0.29, 0.717) is 17.2 Å². The van der Waals surface area contributed by atoms with Gasteiger partial charge in [-0.05, 0) is 60.2 Å². The van der Waals surface area contributed by atoms with Crippen LogP contribution < -0.4 is 10.1 Å². The zero-order valence-corrected chi connectivity index (χ0v) is 21.6. The molecule has 1 unspecified atom stereocenters. The first-order valence-electron chi connectivity index (χ1n) is 12.2. The minimum atomic E-state index is -1.01. The molecule has 0 fully saturated rings. The third kappa shape index (κ3) is 6.95. The van der Waals surface area contributed by atoms with Crippen molar-refractivity contribution in [2.24, 2.45) is 0 Å². The Morgan fingerprint density at radius 2 is 1.64 bits per heavy atom. The predicted molar refractivity (Wildman–Crippen MR) is 141 cm³/mol. The van der Waals surface area contributed by atoms with Crippen LogP contribution in [0.2, 0.25) is 0 Å². The zero-order valence-electron chi connectivity index (χ0n) is 21.6. The molecule has 1 amide bonds. The number of carbonyl (C=O) groups excluding carboxylic acids is 1. The fourth-order valence-electron chi connectivity index (χ4n) is 4.18. The second-order valence-corrected chi connectivity index (χ2v) is 9.36. The molecule has 0 aliphatic carbocycles. The van der Waals surface area contributed by atoms with Crippen molar-refractivity contribution in [3.63, 3.8) is 0 Å². The van der Waals surface area contributed by atoms with Gasteiger partial charge in [-0.1, -0.05) is 62.4 Å². The van der Waals surface area contributed by atoms with Gasteiger partial charge in [0.05, 0.1) is 13.2 Å². The summed E-state index contributed by atoms with van der Waals surface area (Å²) in [7, 11) is 1.57. The van der Waals surface area contributed by atoms with E-state index in [4.69, 9.17) is 9.47 Å². The number of amides is 1. The van der Waals surface area contributed by atoms with Crippen LogP contribution in [0, 0.1) is 0 Å². The van der Waals surface area contributed by atoms with Crippen molar-refractivity contribution in [1.82, 2.24) is 5.32 Å². The lowest BCUT2D eigenvalue weighted by molar-refractivity contribution is -0.153. The van der Waals surface area contributed by atoms with Gasteiger partial charge in [0.2, 0.25) is 0 Å². The van der Waals surface area contributed by atoms with Gasteiger partial charge in [-0.3, -0.25) is 4.79 Å². The maximum absolute atomic E-state index is 12.9. The molecule has 0 spiro atoms. The highest BCUT2D eigenvalue weighted by molar-refractivity contribution is 5.94. The lowest BCUT2D eigenvalue weighted by atomic mass is 9.92. The van der Waals surface area contributed by atoms with Crippen molar-refractivity contribution >= 4 is 11.9 Å². The van der Waals surface area contributed by atoms with Crippen molar-refractivity contribution < 1.29 is 24.2 Å². The Hall–Kier alpha value is -3.64. The van der Waals surface area contributed by atoms with E-state index in [9.17, 15) is 14.7 Å². The third-order valence-corrected chi connectivity index (χ3v) is 5.96. The van der Waals surface area contributed by atoms with E-state index in [-0.39, 0.29) is 25.0 Å². The molecule has 3 aromatic carbocycles. The number of carboxylic acid groups (broad SMARTS) is 1. The summed E-state index contributed by atoms with van der Waals surface area (Å²) < 4.78 is 11.0. The van der Waals surface area contributed by atoms with Gasteiger partial charge in [-0.25, -0.2) is 4.79 Å². The first-order valence-corrected chi connectivity index (χ1v) is 12.2. The van der Waals surface area contributed by atoms with E-state index >= 15 is 0 Å². The standard InChI is InChI=1S/C30H35NO5/c1-19(2)25-8-6-7-9-26(25)22-11-13-23(14-12-22)29(32)31-18-24-16-21(10-15-27(24)35-5)17-28(30(33)34)36-20(3)4/h6-16,19-20,28H,17-18H2,1-5H3,(H,31,32)(H,33,34). The number of hydrogen-bond donors (Lipinski definition) is 2. The highest BCUT2D eigenvalue weighted by Gasteiger charge is 2.21. The molecular weight excluding hydrogens is 454 g/mol. The van der Waals surface area contributed by atoms with Gasteiger partial charge in [-0.2, -0.15) is 0 Å². The lowest BCUT2D eigenvalue weighted by Crippen LogP contribution is -2.29.